The first-order valence-electron chi connectivity index (χ1n) is 6.54. The number of carbonyl (C=O) groups excluding carboxylic acids is 1. The number of anilines is 1. The number of rotatable bonds is 3. The molecule has 0 spiro atoms. The third-order valence-corrected chi connectivity index (χ3v) is 3.84. The summed E-state index contributed by atoms with van der Waals surface area (Å²) in [5.74, 6) is 1.16. The van der Waals surface area contributed by atoms with Crippen molar-refractivity contribution < 1.29 is 4.79 Å². The number of halogens is 1. The molecule has 0 bridgehead atoms. The molecule has 0 saturated carbocycles. The van der Waals surface area contributed by atoms with Gasteiger partial charge >= 0.3 is 0 Å². The van der Waals surface area contributed by atoms with Gasteiger partial charge in [0.1, 0.15) is 17.3 Å². The fourth-order valence-electron chi connectivity index (χ4n) is 2.34. The van der Waals surface area contributed by atoms with E-state index < -0.39 is 0 Å². The molecule has 20 heavy (non-hydrogen) atoms. The van der Waals surface area contributed by atoms with Crippen LogP contribution in [0.2, 0.25) is 5.15 Å². The zero-order valence-electron chi connectivity index (χ0n) is 11.1. The Morgan fingerprint density at radius 2 is 2.20 bits per heavy atom. The van der Waals surface area contributed by atoms with Crippen molar-refractivity contribution in [3.05, 3.63) is 17.0 Å². The van der Waals surface area contributed by atoms with E-state index >= 15 is 0 Å². The Labute approximate surface area is 121 Å². The SMILES string of the molecule is Cc1c(Cl)nc2ncnn2c1NCC(=O)N1CCCC1. The van der Waals surface area contributed by atoms with Gasteiger partial charge in [0.05, 0.1) is 6.54 Å². The molecule has 8 heteroatoms. The Hall–Kier alpha value is -1.89. The molecule has 2 aromatic heterocycles. The second kappa shape index (κ2) is 5.24. The normalized spacial score (nSPS) is 15.0. The lowest BCUT2D eigenvalue weighted by atomic mass is 10.3. The standard InChI is InChI=1S/C12H15ClN6O/c1-8-10(13)17-12-15-7-16-19(12)11(8)14-6-9(20)18-4-2-3-5-18/h7,14H,2-6H2,1H3. The largest absolute Gasteiger partial charge is 0.361 e. The maximum Gasteiger partial charge on any atom is 0.255 e. The minimum Gasteiger partial charge on any atom is -0.361 e. The average molecular weight is 295 g/mol. The number of aromatic nitrogens is 4. The first kappa shape index (κ1) is 13.1. The highest BCUT2D eigenvalue weighted by molar-refractivity contribution is 6.30. The predicted octanol–water partition coefficient (Wildman–Crippen LogP) is 1.12. The maximum absolute atomic E-state index is 12.1. The molecule has 1 N–H and O–H groups in total. The van der Waals surface area contributed by atoms with Crippen LogP contribution in [-0.4, -0.2) is 50.0 Å². The number of amides is 1. The molecule has 0 unspecified atom stereocenters. The molecule has 7 nitrogen and oxygen atoms in total. The van der Waals surface area contributed by atoms with Crippen molar-refractivity contribution in [1.82, 2.24) is 24.5 Å². The molecule has 1 aliphatic heterocycles. The Kier molecular flexibility index (Phi) is 3.43. The minimum absolute atomic E-state index is 0.0862. The second-order valence-electron chi connectivity index (χ2n) is 4.79. The lowest BCUT2D eigenvalue weighted by Gasteiger charge is -2.17. The monoisotopic (exact) mass is 294 g/mol. The molecule has 0 aliphatic carbocycles. The second-order valence-corrected chi connectivity index (χ2v) is 5.15. The van der Waals surface area contributed by atoms with E-state index in [0.717, 1.165) is 31.5 Å². The van der Waals surface area contributed by atoms with Crippen molar-refractivity contribution in [2.75, 3.05) is 25.0 Å². The predicted molar refractivity (Wildman–Crippen MR) is 74.8 cm³/mol. The van der Waals surface area contributed by atoms with Crippen molar-refractivity contribution in [2.24, 2.45) is 0 Å². The molecule has 0 aromatic carbocycles. The van der Waals surface area contributed by atoms with Crippen LogP contribution in [0.25, 0.3) is 5.78 Å². The Morgan fingerprint density at radius 3 is 2.95 bits per heavy atom. The fourth-order valence-corrected chi connectivity index (χ4v) is 2.51. The molecule has 0 radical (unpaired) electrons. The van der Waals surface area contributed by atoms with Gasteiger partial charge in [-0.25, -0.2) is 0 Å². The van der Waals surface area contributed by atoms with Gasteiger partial charge in [-0.15, -0.1) is 0 Å². The number of nitrogens with zero attached hydrogens (tertiary/aromatic N) is 5. The first-order chi connectivity index (χ1) is 9.66. The molecule has 1 aliphatic rings. The van der Waals surface area contributed by atoms with Gasteiger partial charge in [0, 0.05) is 18.7 Å². The number of likely N-dealkylation sites (tertiary alicyclic amines) is 1. The molecule has 1 amide bonds. The van der Waals surface area contributed by atoms with Crippen LogP contribution in [-0.2, 0) is 4.79 Å². The number of hydrogen-bond acceptors (Lipinski definition) is 5. The van der Waals surface area contributed by atoms with Gasteiger partial charge in [-0.05, 0) is 19.8 Å². The summed E-state index contributed by atoms with van der Waals surface area (Å²) in [5, 5.41) is 7.56. The minimum atomic E-state index is 0.0862. The lowest BCUT2D eigenvalue weighted by molar-refractivity contribution is -0.128. The van der Waals surface area contributed by atoms with E-state index in [2.05, 4.69) is 20.4 Å². The van der Waals surface area contributed by atoms with E-state index in [0.29, 0.717) is 16.7 Å². The first-order valence-corrected chi connectivity index (χ1v) is 6.92. The summed E-state index contributed by atoms with van der Waals surface area (Å²) in [4.78, 5) is 22.1. The third-order valence-electron chi connectivity index (χ3n) is 3.47. The number of carbonyl (C=O) groups is 1. The lowest BCUT2D eigenvalue weighted by Crippen LogP contribution is -2.33. The highest BCUT2D eigenvalue weighted by atomic mass is 35.5. The van der Waals surface area contributed by atoms with Gasteiger partial charge < -0.3 is 10.2 Å². The zero-order valence-corrected chi connectivity index (χ0v) is 11.9. The smallest absolute Gasteiger partial charge is 0.255 e. The Morgan fingerprint density at radius 1 is 1.45 bits per heavy atom. The number of hydrogen-bond donors (Lipinski definition) is 1. The molecular weight excluding hydrogens is 280 g/mol. The van der Waals surface area contributed by atoms with E-state index in [1.54, 1.807) is 4.52 Å². The topological polar surface area (TPSA) is 75.4 Å². The van der Waals surface area contributed by atoms with Crippen LogP contribution in [0.15, 0.2) is 6.33 Å². The quantitative estimate of drug-likeness (QED) is 0.859. The summed E-state index contributed by atoms with van der Waals surface area (Å²) in [5.41, 5.74) is 0.749. The molecule has 106 valence electrons. The van der Waals surface area contributed by atoms with Gasteiger partial charge in [-0.1, -0.05) is 11.6 Å². The van der Waals surface area contributed by atoms with Gasteiger partial charge in [-0.3, -0.25) is 4.79 Å². The van der Waals surface area contributed by atoms with Crippen LogP contribution in [0.3, 0.4) is 0 Å². The van der Waals surface area contributed by atoms with Gasteiger partial charge in [0.15, 0.2) is 0 Å². The van der Waals surface area contributed by atoms with Crippen molar-refractivity contribution in [3.8, 4) is 0 Å². The van der Waals surface area contributed by atoms with E-state index in [1.165, 1.54) is 6.33 Å². The summed E-state index contributed by atoms with van der Waals surface area (Å²) in [6.07, 6.45) is 3.57. The van der Waals surface area contributed by atoms with E-state index in [9.17, 15) is 4.79 Å². The summed E-state index contributed by atoms with van der Waals surface area (Å²) in [6, 6.07) is 0. The van der Waals surface area contributed by atoms with Crippen LogP contribution in [0.5, 0.6) is 0 Å². The maximum atomic E-state index is 12.1. The van der Waals surface area contributed by atoms with Crippen molar-refractivity contribution in [3.63, 3.8) is 0 Å². The average Bonchev–Trinajstić information content (AvgIpc) is 3.09. The highest BCUT2D eigenvalue weighted by Crippen LogP contribution is 2.21. The van der Waals surface area contributed by atoms with Crippen LogP contribution < -0.4 is 5.32 Å². The highest BCUT2D eigenvalue weighted by Gasteiger charge is 2.19. The van der Waals surface area contributed by atoms with Crippen LogP contribution >= 0.6 is 11.6 Å². The third kappa shape index (κ3) is 2.29. The van der Waals surface area contributed by atoms with Gasteiger partial charge in [0.25, 0.3) is 5.78 Å². The summed E-state index contributed by atoms with van der Waals surface area (Å²) >= 11 is 6.06. The fraction of sp³-hybridized carbons (Fsp3) is 0.500. The molecule has 2 aromatic rings. The Bertz CT molecular complexity index is 649. The Balaban J connectivity index is 1.81. The van der Waals surface area contributed by atoms with E-state index in [4.69, 9.17) is 11.6 Å². The van der Waals surface area contributed by atoms with Crippen molar-refractivity contribution in [1.29, 1.82) is 0 Å². The molecule has 1 fully saturated rings. The number of nitrogens with one attached hydrogen (secondary N) is 1. The molecule has 3 rings (SSSR count). The van der Waals surface area contributed by atoms with Crippen molar-refractivity contribution >= 4 is 29.1 Å². The zero-order chi connectivity index (χ0) is 14.1. The van der Waals surface area contributed by atoms with Gasteiger partial charge in [-0.2, -0.15) is 19.6 Å². The molecular formula is C12H15ClN6O. The summed E-state index contributed by atoms with van der Waals surface area (Å²) in [6.45, 7) is 3.74. The van der Waals surface area contributed by atoms with Crippen LogP contribution in [0.4, 0.5) is 5.82 Å². The number of fused-ring (bicyclic) bond motifs is 1. The molecule has 3 heterocycles. The summed E-state index contributed by atoms with van der Waals surface area (Å²) < 4.78 is 1.55. The van der Waals surface area contributed by atoms with E-state index in [-0.39, 0.29) is 12.5 Å². The van der Waals surface area contributed by atoms with Crippen LogP contribution in [0.1, 0.15) is 18.4 Å². The molecule has 0 atom stereocenters. The van der Waals surface area contributed by atoms with Crippen molar-refractivity contribution in [2.45, 2.75) is 19.8 Å². The van der Waals surface area contributed by atoms with Crippen LogP contribution in [0, 0.1) is 6.92 Å². The van der Waals surface area contributed by atoms with E-state index in [1.807, 2.05) is 11.8 Å². The summed E-state index contributed by atoms with van der Waals surface area (Å²) in [7, 11) is 0. The molecule has 1 saturated heterocycles. The van der Waals surface area contributed by atoms with Gasteiger partial charge in [0.2, 0.25) is 5.91 Å².